The Morgan fingerprint density at radius 2 is 1.82 bits per heavy atom. The molecular weight excluding hydrogens is 490 g/mol. The van der Waals surface area contributed by atoms with Gasteiger partial charge >= 0.3 is 0 Å². The fourth-order valence-corrected chi connectivity index (χ4v) is 6.40. The lowest BCUT2D eigenvalue weighted by molar-refractivity contribution is -0.0390. The SMILES string of the molecule is CC[C@H]1CN(C(C)c2ccc3nccnc3c2)[C@H](CC)CN1c1cc(=O)n(C)c2cn(C3CCCCO3)nc12. The average molecular weight is 530 g/mol. The first-order chi connectivity index (χ1) is 19.0. The number of hydrogen-bond donors (Lipinski definition) is 0. The summed E-state index contributed by atoms with van der Waals surface area (Å²) >= 11 is 0. The lowest BCUT2D eigenvalue weighted by Gasteiger charge is -2.49. The number of benzene rings is 1. The number of fused-ring (bicyclic) bond motifs is 2. The van der Waals surface area contributed by atoms with E-state index < -0.39 is 0 Å². The molecule has 2 fully saturated rings. The van der Waals surface area contributed by atoms with Crippen LogP contribution in [0.1, 0.15) is 70.7 Å². The van der Waals surface area contributed by atoms with Gasteiger partial charge in [-0.05, 0) is 56.7 Å². The van der Waals surface area contributed by atoms with Gasteiger partial charge in [0.1, 0.15) is 11.7 Å². The van der Waals surface area contributed by atoms with Crippen molar-refractivity contribution < 1.29 is 4.74 Å². The molecule has 2 saturated heterocycles. The molecule has 1 aromatic carbocycles. The van der Waals surface area contributed by atoms with Crippen LogP contribution in [-0.4, -0.2) is 61.0 Å². The zero-order valence-electron chi connectivity index (χ0n) is 23.5. The van der Waals surface area contributed by atoms with Gasteiger partial charge in [-0.3, -0.25) is 19.7 Å². The molecule has 5 heterocycles. The maximum atomic E-state index is 13.1. The van der Waals surface area contributed by atoms with Crippen LogP contribution in [0.5, 0.6) is 0 Å². The van der Waals surface area contributed by atoms with E-state index in [0.29, 0.717) is 6.04 Å². The van der Waals surface area contributed by atoms with Gasteiger partial charge in [0.25, 0.3) is 5.56 Å². The molecule has 206 valence electrons. The van der Waals surface area contributed by atoms with E-state index in [0.717, 1.165) is 79.6 Å². The minimum atomic E-state index is -0.0659. The first-order valence-corrected chi connectivity index (χ1v) is 14.4. The first kappa shape index (κ1) is 26.0. The van der Waals surface area contributed by atoms with Crippen molar-refractivity contribution in [3.05, 3.63) is 58.8 Å². The highest BCUT2D eigenvalue weighted by Crippen LogP contribution is 2.35. The summed E-state index contributed by atoms with van der Waals surface area (Å²) in [6, 6.07) is 9.07. The Labute approximate surface area is 229 Å². The third-order valence-electron chi connectivity index (χ3n) is 8.82. The Balaban J connectivity index is 1.34. The molecule has 0 radical (unpaired) electrons. The highest BCUT2D eigenvalue weighted by atomic mass is 16.5. The number of piperazine rings is 1. The molecule has 39 heavy (non-hydrogen) atoms. The highest BCUT2D eigenvalue weighted by molar-refractivity contribution is 5.88. The van der Waals surface area contributed by atoms with Gasteiger partial charge in [-0.2, -0.15) is 5.10 Å². The predicted octanol–water partition coefficient (Wildman–Crippen LogP) is 4.82. The Morgan fingerprint density at radius 1 is 1.03 bits per heavy atom. The second-order valence-corrected chi connectivity index (χ2v) is 11.0. The first-order valence-electron chi connectivity index (χ1n) is 14.4. The van der Waals surface area contributed by atoms with Crippen LogP contribution >= 0.6 is 0 Å². The van der Waals surface area contributed by atoms with E-state index in [1.165, 1.54) is 5.56 Å². The molecule has 6 rings (SSSR count). The van der Waals surface area contributed by atoms with Crippen LogP contribution in [0, 0.1) is 0 Å². The fraction of sp³-hybridized carbons (Fsp3) is 0.533. The molecular formula is C30H39N7O2. The summed E-state index contributed by atoms with van der Waals surface area (Å²) < 4.78 is 9.67. The van der Waals surface area contributed by atoms with Crippen molar-refractivity contribution >= 4 is 27.8 Å². The Hall–Kier alpha value is -3.30. The van der Waals surface area contributed by atoms with E-state index in [1.54, 1.807) is 23.0 Å². The normalized spacial score (nSPS) is 23.5. The smallest absolute Gasteiger partial charge is 0.252 e. The van der Waals surface area contributed by atoms with E-state index in [9.17, 15) is 4.79 Å². The number of rotatable bonds is 6. The van der Waals surface area contributed by atoms with Gasteiger partial charge < -0.3 is 14.2 Å². The highest BCUT2D eigenvalue weighted by Gasteiger charge is 2.36. The van der Waals surface area contributed by atoms with E-state index >= 15 is 0 Å². The second kappa shape index (κ2) is 10.7. The van der Waals surface area contributed by atoms with Crippen LogP contribution in [0.15, 0.2) is 47.7 Å². The number of ether oxygens (including phenoxy) is 1. The van der Waals surface area contributed by atoms with Crippen molar-refractivity contribution in [3.63, 3.8) is 0 Å². The van der Waals surface area contributed by atoms with Crippen LogP contribution in [0.4, 0.5) is 5.69 Å². The van der Waals surface area contributed by atoms with E-state index in [2.05, 4.69) is 58.7 Å². The zero-order valence-corrected chi connectivity index (χ0v) is 23.5. The maximum Gasteiger partial charge on any atom is 0.252 e. The van der Waals surface area contributed by atoms with E-state index in [4.69, 9.17) is 9.84 Å². The van der Waals surface area contributed by atoms with Crippen molar-refractivity contribution in [2.75, 3.05) is 24.6 Å². The molecule has 0 bridgehead atoms. The Bertz CT molecular complexity index is 1520. The summed E-state index contributed by atoms with van der Waals surface area (Å²) in [5.74, 6) is 0. The zero-order chi connectivity index (χ0) is 27.1. The van der Waals surface area contributed by atoms with E-state index in [-0.39, 0.29) is 23.9 Å². The third kappa shape index (κ3) is 4.72. The molecule has 2 unspecified atom stereocenters. The summed E-state index contributed by atoms with van der Waals surface area (Å²) in [7, 11) is 1.84. The van der Waals surface area contributed by atoms with Crippen molar-refractivity contribution in [2.24, 2.45) is 7.05 Å². The molecule has 0 amide bonds. The molecule has 0 aliphatic carbocycles. The van der Waals surface area contributed by atoms with Crippen molar-refractivity contribution in [1.82, 2.24) is 29.2 Å². The van der Waals surface area contributed by atoms with Crippen molar-refractivity contribution in [2.45, 2.75) is 77.2 Å². The number of aryl methyl sites for hydroxylation is 1. The minimum Gasteiger partial charge on any atom is -0.364 e. The molecule has 4 aromatic rings. The molecule has 3 aromatic heterocycles. The Morgan fingerprint density at radius 3 is 2.56 bits per heavy atom. The van der Waals surface area contributed by atoms with Gasteiger partial charge in [0.2, 0.25) is 0 Å². The van der Waals surface area contributed by atoms with Gasteiger partial charge in [-0.15, -0.1) is 0 Å². The van der Waals surface area contributed by atoms with Crippen LogP contribution in [0.2, 0.25) is 0 Å². The van der Waals surface area contributed by atoms with Crippen molar-refractivity contribution in [1.29, 1.82) is 0 Å². The predicted molar refractivity (Wildman–Crippen MR) is 154 cm³/mol. The van der Waals surface area contributed by atoms with Gasteiger partial charge in [-0.25, -0.2) is 4.68 Å². The summed E-state index contributed by atoms with van der Waals surface area (Å²) in [4.78, 5) is 27.2. The maximum absolute atomic E-state index is 13.1. The van der Waals surface area contributed by atoms with Crippen molar-refractivity contribution in [3.8, 4) is 0 Å². The number of hydrogen-bond acceptors (Lipinski definition) is 7. The molecule has 9 heteroatoms. The summed E-state index contributed by atoms with van der Waals surface area (Å²) in [5, 5.41) is 5.03. The average Bonchev–Trinajstić information content (AvgIpc) is 3.44. The topological polar surface area (TPSA) is 81.3 Å². The molecule has 2 aliphatic rings. The number of pyridine rings is 1. The standard InChI is InChI=1S/C30H39N7O2/c1-5-22-18-36(23(6-2)17-35(22)20(3)21-10-11-24-25(15-21)32-13-12-31-24)26-16-28(38)34(4)27-19-37(33-30(26)27)29-9-7-8-14-39-29/h10-13,15-16,19-20,22-23,29H,5-9,14,17-18H2,1-4H3/t20?,22-,23+,29?/m1/s1. The minimum absolute atomic E-state index is 0.00224. The van der Waals surface area contributed by atoms with Crippen LogP contribution in [0.3, 0.4) is 0 Å². The quantitative estimate of drug-likeness (QED) is 0.354. The third-order valence-corrected chi connectivity index (χ3v) is 8.82. The fourth-order valence-electron chi connectivity index (χ4n) is 6.40. The summed E-state index contributed by atoms with van der Waals surface area (Å²) in [6.45, 7) is 9.32. The monoisotopic (exact) mass is 529 g/mol. The van der Waals surface area contributed by atoms with Crippen LogP contribution < -0.4 is 10.5 Å². The molecule has 0 spiro atoms. The van der Waals surface area contributed by atoms with Gasteiger partial charge in [0.15, 0.2) is 0 Å². The van der Waals surface area contributed by atoms with Gasteiger partial charge in [0.05, 0.1) is 28.4 Å². The van der Waals surface area contributed by atoms with Crippen LogP contribution in [0.25, 0.3) is 22.1 Å². The number of anilines is 1. The number of nitrogens with zero attached hydrogens (tertiary/aromatic N) is 7. The summed E-state index contributed by atoms with van der Waals surface area (Å²) in [5.41, 5.74) is 5.80. The molecule has 2 aliphatic heterocycles. The lowest BCUT2D eigenvalue weighted by atomic mass is 9.96. The molecule has 0 saturated carbocycles. The lowest BCUT2D eigenvalue weighted by Crippen LogP contribution is -2.58. The second-order valence-electron chi connectivity index (χ2n) is 11.0. The molecule has 0 N–H and O–H groups in total. The van der Waals surface area contributed by atoms with Crippen LogP contribution in [-0.2, 0) is 11.8 Å². The Kier molecular flexibility index (Phi) is 7.12. The van der Waals surface area contributed by atoms with E-state index in [1.807, 2.05) is 17.9 Å². The summed E-state index contributed by atoms with van der Waals surface area (Å²) in [6.07, 6.45) is 10.6. The largest absolute Gasteiger partial charge is 0.364 e. The van der Waals surface area contributed by atoms with Gasteiger partial charge in [-0.1, -0.05) is 19.9 Å². The molecule has 9 nitrogen and oxygen atoms in total. The van der Waals surface area contributed by atoms with Gasteiger partial charge in [0, 0.05) is 63.3 Å². The molecule has 4 atom stereocenters. The number of aromatic nitrogens is 5.